The predicted octanol–water partition coefficient (Wildman–Crippen LogP) is 4.21. The van der Waals surface area contributed by atoms with Gasteiger partial charge in [-0.3, -0.25) is 9.67 Å². The zero-order chi connectivity index (χ0) is 22.2. The molecule has 32 heavy (non-hydrogen) atoms. The molecule has 0 atom stereocenters. The van der Waals surface area contributed by atoms with E-state index in [-0.39, 0.29) is 5.82 Å². The number of benzene rings is 1. The molecule has 0 unspecified atom stereocenters. The first-order valence-electron chi connectivity index (χ1n) is 10.5. The zero-order valence-electron chi connectivity index (χ0n) is 18.1. The maximum absolute atomic E-state index is 13.4. The van der Waals surface area contributed by atoms with Crippen molar-refractivity contribution in [3.05, 3.63) is 83.6 Å². The van der Waals surface area contributed by atoms with Crippen LogP contribution in [-0.4, -0.2) is 34.5 Å². The van der Waals surface area contributed by atoms with E-state index in [0.717, 1.165) is 51.2 Å². The van der Waals surface area contributed by atoms with Gasteiger partial charge in [0.2, 0.25) is 0 Å². The number of aromatic nitrogens is 7. The first-order chi connectivity index (χ1) is 15.5. The molecule has 4 heterocycles. The molecule has 0 aliphatic carbocycles. The SMILES string of the molecule is CCc1c(Cc2cc(-n3nc(C)c4ccncc43)ncn2)nn(C)c1-c1ccc(F)cc1. The molecule has 0 radical (unpaired) electrons. The summed E-state index contributed by atoms with van der Waals surface area (Å²) >= 11 is 0. The summed E-state index contributed by atoms with van der Waals surface area (Å²) < 4.78 is 17.1. The molecule has 0 bridgehead atoms. The number of hydrogen-bond donors (Lipinski definition) is 0. The normalized spacial score (nSPS) is 11.4. The van der Waals surface area contributed by atoms with Gasteiger partial charge < -0.3 is 0 Å². The second kappa shape index (κ2) is 7.96. The van der Waals surface area contributed by atoms with Crippen molar-refractivity contribution in [2.24, 2.45) is 7.05 Å². The van der Waals surface area contributed by atoms with Crippen LogP contribution >= 0.6 is 0 Å². The second-order valence-electron chi connectivity index (χ2n) is 7.69. The van der Waals surface area contributed by atoms with Crippen molar-refractivity contribution < 1.29 is 4.39 Å². The molecule has 5 aromatic rings. The van der Waals surface area contributed by atoms with Crippen LogP contribution < -0.4 is 0 Å². The molecule has 0 aliphatic heterocycles. The molecule has 1 aromatic carbocycles. The molecule has 0 amide bonds. The lowest BCUT2D eigenvalue weighted by Crippen LogP contribution is -2.04. The Hall–Kier alpha value is -3.94. The molecule has 8 heteroatoms. The van der Waals surface area contributed by atoms with Crippen molar-refractivity contribution >= 4 is 10.9 Å². The van der Waals surface area contributed by atoms with Gasteiger partial charge in [0.25, 0.3) is 0 Å². The minimum atomic E-state index is -0.251. The van der Waals surface area contributed by atoms with Crippen LogP contribution in [0.2, 0.25) is 0 Å². The minimum absolute atomic E-state index is 0.251. The Bertz CT molecular complexity index is 1420. The van der Waals surface area contributed by atoms with Gasteiger partial charge in [0, 0.05) is 42.2 Å². The smallest absolute Gasteiger partial charge is 0.157 e. The Labute approximate surface area is 184 Å². The van der Waals surface area contributed by atoms with Gasteiger partial charge in [-0.25, -0.2) is 19.0 Å². The summed E-state index contributed by atoms with van der Waals surface area (Å²) in [6.07, 6.45) is 6.48. The summed E-state index contributed by atoms with van der Waals surface area (Å²) in [5.74, 6) is 0.438. The van der Waals surface area contributed by atoms with E-state index in [1.165, 1.54) is 12.1 Å². The van der Waals surface area contributed by atoms with Crippen LogP contribution in [0.1, 0.15) is 29.6 Å². The third-order valence-corrected chi connectivity index (χ3v) is 5.64. The summed E-state index contributed by atoms with van der Waals surface area (Å²) in [5, 5.41) is 10.4. The number of rotatable bonds is 5. The van der Waals surface area contributed by atoms with Crippen molar-refractivity contribution in [1.29, 1.82) is 0 Å². The lowest BCUT2D eigenvalue weighted by molar-refractivity contribution is 0.628. The molecule has 0 spiro atoms. The number of aryl methyl sites for hydroxylation is 2. The molecule has 5 rings (SSSR count). The lowest BCUT2D eigenvalue weighted by Gasteiger charge is -2.07. The van der Waals surface area contributed by atoms with Gasteiger partial charge in [0.05, 0.1) is 34.5 Å². The highest BCUT2D eigenvalue weighted by molar-refractivity contribution is 5.82. The monoisotopic (exact) mass is 427 g/mol. The van der Waals surface area contributed by atoms with E-state index in [4.69, 9.17) is 5.10 Å². The van der Waals surface area contributed by atoms with Gasteiger partial charge in [-0.05, 0) is 43.7 Å². The number of hydrogen-bond acceptors (Lipinski definition) is 5. The third kappa shape index (κ3) is 3.43. The van der Waals surface area contributed by atoms with Crippen molar-refractivity contribution in [1.82, 2.24) is 34.5 Å². The van der Waals surface area contributed by atoms with Crippen molar-refractivity contribution in [3.8, 4) is 17.1 Å². The average molecular weight is 427 g/mol. The first-order valence-corrected chi connectivity index (χ1v) is 10.5. The Morgan fingerprint density at radius 2 is 1.84 bits per heavy atom. The fourth-order valence-corrected chi connectivity index (χ4v) is 4.17. The molecule has 0 saturated carbocycles. The summed E-state index contributed by atoms with van der Waals surface area (Å²) in [6.45, 7) is 4.07. The van der Waals surface area contributed by atoms with Crippen LogP contribution in [0.15, 0.2) is 55.1 Å². The van der Waals surface area contributed by atoms with Gasteiger partial charge in [-0.1, -0.05) is 6.92 Å². The number of fused-ring (bicyclic) bond motifs is 1. The number of nitrogens with zero attached hydrogens (tertiary/aromatic N) is 7. The topological polar surface area (TPSA) is 74.3 Å². The van der Waals surface area contributed by atoms with Gasteiger partial charge in [0.15, 0.2) is 5.82 Å². The Morgan fingerprint density at radius 1 is 1.03 bits per heavy atom. The van der Waals surface area contributed by atoms with E-state index in [2.05, 4.69) is 27.0 Å². The lowest BCUT2D eigenvalue weighted by atomic mass is 10.0. The largest absolute Gasteiger partial charge is 0.267 e. The van der Waals surface area contributed by atoms with Crippen LogP contribution in [0.25, 0.3) is 28.0 Å². The minimum Gasteiger partial charge on any atom is -0.267 e. The molecule has 0 saturated heterocycles. The first kappa shape index (κ1) is 20.0. The summed E-state index contributed by atoms with van der Waals surface area (Å²) in [6, 6.07) is 10.4. The van der Waals surface area contributed by atoms with Gasteiger partial charge in [-0.2, -0.15) is 10.2 Å². The van der Waals surface area contributed by atoms with E-state index in [1.807, 2.05) is 30.8 Å². The maximum atomic E-state index is 13.4. The molecule has 0 fully saturated rings. The van der Waals surface area contributed by atoms with E-state index < -0.39 is 0 Å². The molecule has 7 nitrogen and oxygen atoms in total. The second-order valence-corrected chi connectivity index (χ2v) is 7.69. The van der Waals surface area contributed by atoms with Gasteiger partial charge in [-0.15, -0.1) is 0 Å². The molecular weight excluding hydrogens is 405 g/mol. The summed E-state index contributed by atoms with van der Waals surface area (Å²) in [4.78, 5) is 13.1. The highest BCUT2D eigenvalue weighted by Crippen LogP contribution is 2.28. The van der Waals surface area contributed by atoms with Gasteiger partial charge in [0.1, 0.15) is 12.1 Å². The maximum Gasteiger partial charge on any atom is 0.157 e. The van der Waals surface area contributed by atoms with Crippen molar-refractivity contribution in [2.75, 3.05) is 0 Å². The molecule has 0 aliphatic rings. The fourth-order valence-electron chi connectivity index (χ4n) is 4.17. The van der Waals surface area contributed by atoms with Crippen LogP contribution in [0, 0.1) is 12.7 Å². The van der Waals surface area contributed by atoms with Crippen LogP contribution in [0.5, 0.6) is 0 Å². The summed E-state index contributed by atoms with van der Waals surface area (Å²) in [5.41, 5.74) is 6.69. The quantitative estimate of drug-likeness (QED) is 0.420. The van der Waals surface area contributed by atoms with E-state index in [9.17, 15) is 4.39 Å². The predicted molar refractivity (Wildman–Crippen MR) is 120 cm³/mol. The molecule has 0 N–H and O–H groups in total. The van der Waals surface area contributed by atoms with E-state index in [1.54, 1.807) is 35.5 Å². The highest BCUT2D eigenvalue weighted by Gasteiger charge is 2.18. The highest BCUT2D eigenvalue weighted by atomic mass is 19.1. The van der Waals surface area contributed by atoms with Gasteiger partial charge >= 0.3 is 0 Å². The van der Waals surface area contributed by atoms with Crippen LogP contribution in [0.4, 0.5) is 4.39 Å². The third-order valence-electron chi connectivity index (χ3n) is 5.64. The standard InChI is InChI=1S/C24H22FN7/c1-4-19-21(30-31(3)24(19)16-5-7-17(25)8-6-16)11-18-12-23(28-14-27-18)32-22-13-26-10-9-20(22)15(2)29-32/h5-10,12-14H,4,11H2,1-3H3. The summed E-state index contributed by atoms with van der Waals surface area (Å²) in [7, 11) is 1.92. The van der Waals surface area contributed by atoms with Crippen LogP contribution in [-0.2, 0) is 19.9 Å². The van der Waals surface area contributed by atoms with Crippen molar-refractivity contribution in [3.63, 3.8) is 0 Å². The molecule has 160 valence electrons. The van der Waals surface area contributed by atoms with E-state index >= 15 is 0 Å². The average Bonchev–Trinajstić information content (AvgIpc) is 3.31. The molecule has 4 aromatic heterocycles. The number of halogens is 1. The van der Waals surface area contributed by atoms with E-state index in [0.29, 0.717) is 12.2 Å². The van der Waals surface area contributed by atoms with Crippen LogP contribution in [0.3, 0.4) is 0 Å². The molecular formula is C24H22FN7. The van der Waals surface area contributed by atoms with Crippen molar-refractivity contribution in [2.45, 2.75) is 26.7 Å². The fraction of sp³-hybridized carbons (Fsp3) is 0.208. The number of pyridine rings is 1. The Morgan fingerprint density at radius 3 is 2.62 bits per heavy atom. The Balaban J connectivity index is 1.53. The zero-order valence-corrected chi connectivity index (χ0v) is 18.1. The Kier molecular flexibility index (Phi) is 4.97.